The number of carbonyl (C=O) groups excluding carboxylic acids is 3. The predicted molar refractivity (Wildman–Crippen MR) is 146 cm³/mol. The molecule has 4 rings (SSSR count). The fraction of sp³-hybridized carbons (Fsp3) is 0.414. The molecule has 10 heteroatoms. The zero-order chi connectivity index (χ0) is 27.9. The van der Waals surface area contributed by atoms with Crippen LogP contribution in [0.25, 0.3) is 0 Å². The van der Waals surface area contributed by atoms with E-state index in [9.17, 15) is 14.4 Å². The van der Waals surface area contributed by atoms with Gasteiger partial charge in [-0.05, 0) is 43.7 Å². The Balaban J connectivity index is 1.66. The van der Waals surface area contributed by atoms with Crippen molar-refractivity contribution in [3.8, 4) is 11.5 Å². The summed E-state index contributed by atoms with van der Waals surface area (Å²) in [5.74, 6) is 0.573. The molecule has 1 saturated heterocycles. The second-order valence-electron chi connectivity index (χ2n) is 9.42. The number of carbonyl (C=O) groups is 3. The van der Waals surface area contributed by atoms with Crippen molar-refractivity contribution in [1.82, 2.24) is 20.0 Å². The van der Waals surface area contributed by atoms with E-state index in [0.29, 0.717) is 66.6 Å². The topological polar surface area (TPSA) is 101 Å². The van der Waals surface area contributed by atoms with Gasteiger partial charge in [-0.15, -0.1) is 0 Å². The molecular formula is C29H36N4O6. The van der Waals surface area contributed by atoms with Crippen molar-refractivity contribution in [3.05, 3.63) is 70.9 Å². The zero-order valence-corrected chi connectivity index (χ0v) is 22.9. The Morgan fingerprint density at radius 1 is 1.00 bits per heavy atom. The molecule has 39 heavy (non-hydrogen) atoms. The molecule has 3 amide bonds. The van der Waals surface area contributed by atoms with Crippen LogP contribution in [0.1, 0.15) is 35.3 Å². The normalized spacial score (nSPS) is 18.4. The number of urea groups is 1. The number of nitrogens with one attached hydrogen (secondary N) is 1. The Bertz CT molecular complexity index is 1230. The van der Waals surface area contributed by atoms with E-state index < -0.39 is 12.0 Å². The van der Waals surface area contributed by atoms with Crippen LogP contribution in [0.5, 0.6) is 11.5 Å². The maximum Gasteiger partial charge on any atom is 0.338 e. The molecule has 1 atom stereocenters. The molecule has 208 valence electrons. The molecule has 2 aromatic carbocycles. The van der Waals surface area contributed by atoms with Crippen molar-refractivity contribution in [2.75, 3.05) is 60.6 Å². The number of hydrogen-bond acceptors (Lipinski definition) is 7. The Morgan fingerprint density at radius 2 is 1.77 bits per heavy atom. The van der Waals surface area contributed by atoms with Crippen LogP contribution < -0.4 is 14.8 Å². The Morgan fingerprint density at radius 3 is 2.46 bits per heavy atom. The van der Waals surface area contributed by atoms with Crippen LogP contribution in [-0.4, -0.2) is 93.2 Å². The maximum absolute atomic E-state index is 13.4. The van der Waals surface area contributed by atoms with Crippen LogP contribution in [0.4, 0.5) is 4.79 Å². The fourth-order valence-corrected chi connectivity index (χ4v) is 5.00. The van der Waals surface area contributed by atoms with Gasteiger partial charge in [0.25, 0.3) is 5.91 Å². The molecular weight excluding hydrogens is 500 g/mol. The highest BCUT2D eigenvalue weighted by Gasteiger charge is 2.39. The monoisotopic (exact) mass is 536 g/mol. The Labute approximate surface area is 229 Å². The summed E-state index contributed by atoms with van der Waals surface area (Å²) in [5.41, 5.74) is 2.15. The predicted octanol–water partition coefficient (Wildman–Crippen LogP) is 3.07. The van der Waals surface area contributed by atoms with Crippen LogP contribution in [0.15, 0.2) is 59.8 Å². The summed E-state index contributed by atoms with van der Waals surface area (Å²) in [6.07, 6.45) is 0.767. The van der Waals surface area contributed by atoms with Gasteiger partial charge >= 0.3 is 12.0 Å². The standard InChI is InChI=1S/C29H36N4O6/c1-5-39-28(35)25-23(19-32-14-9-15-33(17-16-32)27(34)20-10-7-6-8-11-20)31(2)29(36)30-26(25)22-18-21(37-3)12-13-24(22)38-4/h6-8,10-13,18,26H,5,9,14-17,19H2,1-4H3,(H,30,36). The first-order valence-corrected chi connectivity index (χ1v) is 13.1. The zero-order valence-electron chi connectivity index (χ0n) is 22.9. The summed E-state index contributed by atoms with van der Waals surface area (Å²) in [6, 6.07) is 13.4. The molecule has 2 aliphatic rings. The van der Waals surface area contributed by atoms with Gasteiger partial charge in [0.1, 0.15) is 11.5 Å². The van der Waals surface area contributed by atoms with Crippen molar-refractivity contribution in [2.45, 2.75) is 19.4 Å². The van der Waals surface area contributed by atoms with Gasteiger partial charge in [0, 0.05) is 56.6 Å². The van der Waals surface area contributed by atoms with E-state index in [-0.39, 0.29) is 18.5 Å². The van der Waals surface area contributed by atoms with E-state index in [2.05, 4.69) is 10.2 Å². The number of amides is 3. The third kappa shape index (κ3) is 6.17. The van der Waals surface area contributed by atoms with Crippen LogP contribution in [-0.2, 0) is 9.53 Å². The largest absolute Gasteiger partial charge is 0.497 e. The molecule has 2 aliphatic heterocycles. The van der Waals surface area contributed by atoms with Gasteiger partial charge in [-0.25, -0.2) is 9.59 Å². The molecule has 0 aliphatic carbocycles. The van der Waals surface area contributed by atoms with E-state index in [1.165, 1.54) is 12.0 Å². The van der Waals surface area contributed by atoms with Gasteiger partial charge in [0.15, 0.2) is 0 Å². The molecule has 0 aromatic heterocycles. The highest BCUT2D eigenvalue weighted by molar-refractivity contribution is 5.95. The van der Waals surface area contributed by atoms with Gasteiger partial charge in [-0.1, -0.05) is 18.2 Å². The minimum atomic E-state index is -0.795. The molecule has 0 radical (unpaired) electrons. The average molecular weight is 537 g/mol. The number of esters is 1. The third-order valence-electron chi connectivity index (χ3n) is 7.09. The maximum atomic E-state index is 13.4. The van der Waals surface area contributed by atoms with Crippen LogP contribution >= 0.6 is 0 Å². The highest BCUT2D eigenvalue weighted by Crippen LogP contribution is 2.38. The minimum absolute atomic E-state index is 0.00299. The Kier molecular flexibility index (Phi) is 9.08. The number of benzene rings is 2. The smallest absolute Gasteiger partial charge is 0.338 e. The summed E-state index contributed by atoms with van der Waals surface area (Å²) in [7, 11) is 4.74. The van der Waals surface area contributed by atoms with Crippen molar-refractivity contribution in [3.63, 3.8) is 0 Å². The number of ether oxygens (including phenoxy) is 3. The lowest BCUT2D eigenvalue weighted by Gasteiger charge is -2.37. The number of rotatable bonds is 8. The van der Waals surface area contributed by atoms with E-state index in [1.807, 2.05) is 35.2 Å². The van der Waals surface area contributed by atoms with Gasteiger partial charge in [0.2, 0.25) is 0 Å². The number of hydrogen-bond donors (Lipinski definition) is 1. The van der Waals surface area contributed by atoms with Crippen LogP contribution in [0, 0.1) is 0 Å². The van der Waals surface area contributed by atoms with E-state index >= 15 is 0 Å². The number of nitrogens with zero attached hydrogens (tertiary/aromatic N) is 3. The van der Waals surface area contributed by atoms with Crippen molar-refractivity contribution >= 4 is 17.9 Å². The Hall–Kier alpha value is -4.05. The summed E-state index contributed by atoms with van der Waals surface area (Å²) in [5, 5.41) is 2.94. The van der Waals surface area contributed by atoms with Gasteiger partial charge in [-0.2, -0.15) is 0 Å². The SMILES string of the molecule is CCOC(=O)C1=C(CN2CCCN(C(=O)c3ccccc3)CC2)N(C)C(=O)NC1c1cc(OC)ccc1OC. The van der Waals surface area contributed by atoms with Gasteiger partial charge in [0.05, 0.1) is 32.4 Å². The second kappa shape index (κ2) is 12.7. The first kappa shape index (κ1) is 28.0. The van der Waals surface area contributed by atoms with E-state index in [4.69, 9.17) is 14.2 Å². The van der Waals surface area contributed by atoms with Gasteiger partial charge < -0.3 is 24.4 Å². The van der Waals surface area contributed by atoms with E-state index in [0.717, 1.165) is 6.42 Å². The molecule has 0 bridgehead atoms. The number of methoxy groups -OCH3 is 2. The highest BCUT2D eigenvalue weighted by atomic mass is 16.5. The van der Waals surface area contributed by atoms with Crippen LogP contribution in [0.3, 0.4) is 0 Å². The molecule has 1 unspecified atom stereocenters. The first-order valence-electron chi connectivity index (χ1n) is 13.1. The second-order valence-corrected chi connectivity index (χ2v) is 9.42. The fourth-order valence-electron chi connectivity index (χ4n) is 5.00. The quantitative estimate of drug-likeness (QED) is 0.518. The molecule has 0 spiro atoms. The van der Waals surface area contributed by atoms with Gasteiger partial charge in [-0.3, -0.25) is 14.6 Å². The lowest BCUT2D eigenvalue weighted by atomic mass is 9.93. The molecule has 2 heterocycles. The van der Waals surface area contributed by atoms with Crippen molar-refractivity contribution in [1.29, 1.82) is 0 Å². The lowest BCUT2D eigenvalue weighted by Crippen LogP contribution is -2.49. The summed E-state index contributed by atoms with van der Waals surface area (Å²) in [4.78, 5) is 45.1. The lowest BCUT2D eigenvalue weighted by molar-refractivity contribution is -0.139. The summed E-state index contributed by atoms with van der Waals surface area (Å²) in [6.45, 7) is 4.76. The van der Waals surface area contributed by atoms with Crippen molar-refractivity contribution < 1.29 is 28.6 Å². The first-order chi connectivity index (χ1) is 18.9. The molecule has 10 nitrogen and oxygen atoms in total. The minimum Gasteiger partial charge on any atom is -0.497 e. The van der Waals surface area contributed by atoms with Crippen molar-refractivity contribution in [2.24, 2.45) is 0 Å². The summed E-state index contributed by atoms with van der Waals surface area (Å²) >= 11 is 0. The average Bonchev–Trinajstić information content (AvgIpc) is 3.20. The summed E-state index contributed by atoms with van der Waals surface area (Å²) < 4.78 is 16.5. The number of likely N-dealkylation sites (N-methyl/N-ethyl adjacent to an activating group) is 1. The molecule has 1 N–H and O–H groups in total. The molecule has 0 saturated carbocycles. The van der Waals surface area contributed by atoms with E-state index in [1.54, 1.807) is 39.3 Å². The molecule has 2 aromatic rings. The van der Waals surface area contributed by atoms with Crippen LogP contribution in [0.2, 0.25) is 0 Å². The molecule has 1 fully saturated rings. The third-order valence-corrected chi connectivity index (χ3v) is 7.09.